The van der Waals surface area contributed by atoms with Gasteiger partial charge in [-0.1, -0.05) is 31.5 Å². The quantitative estimate of drug-likeness (QED) is 0.854. The highest BCUT2D eigenvalue weighted by Gasteiger charge is 2.33. The van der Waals surface area contributed by atoms with Crippen LogP contribution in [0.3, 0.4) is 0 Å². The smallest absolute Gasteiger partial charge is 0.308 e. The van der Waals surface area contributed by atoms with Gasteiger partial charge in [0, 0.05) is 18.7 Å². The lowest BCUT2D eigenvalue weighted by Gasteiger charge is -2.34. The summed E-state index contributed by atoms with van der Waals surface area (Å²) in [7, 11) is 0. The third-order valence-corrected chi connectivity index (χ3v) is 4.62. The Morgan fingerprint density at radius 2 is 1.84 bits per heavy atom. The molecule has 25 heavy (non-hydrogen) atoms. The lowest BCUT2D eigenvalue weighted by molar-refractivity contribution is -0.146. The predicted octanol–water partition coefficient (Wildman–Crippen LogP) is 2.07. The number of carboxylic acids is 1. The Balaban J connectivity index is 2.08. The van der Waals surface area contributed by atoms with Gasteiger partial charge in [-0.05, 0) is 37.8 Å². The molecule has 1 aromatic rings. The molecule has 6 nitrogen and oxygen atoms in total. The number of nitrogens with one attached hydrogen (secondary N) is 1. The highest BCUT2D eigenvalue weighted by molar-refractivity contribution is 5.97. The number of hydrogen-bond acceptors (Lipinski definition) is 3. The van der Waals surface area contributed by atoms with Gasteiger partial charge in [0.25, 0.3) is 5.91 Å². The van der Waals surface area contributed by atoms with Crippen molar-refractivity contribution in [3.8, 4) is 0 Å². The van der Waals surface area contributed by atoms with Gasteiger partial charge >= 0.3 is 5.97 Å². The van der Waals surface area contributed by atoms with Crippen LogP contribution in [0.1, 0.15) is 42.6 Å². The number of carboxylic acid groups (broad SMARTS) is 1. The van der Waals surface area contributed by atoms with Crippen molar-refractivity contribution >= 4 is 17.8 Å². The Kier molecular flexibility index (Phi) is 6.17. The summed E-state index contributed by atoms with van der Waals surface area (Å²) in [6, 6.07) is 6.50. The SMILES string of the molecule is Cc1ccc(C(=O)NC(C(=O)N2CCCC(C(=O)O)C2)C(C)C)cc1. The number of carbonyl (C=O) groups is 3. The zero-order chi connectivity index (χ0) is 18.6. The van der Waals surface area contributed by atoms with E-state index in [1.54, 1.807) is 17.0 Å². The summed E-state index contributed by atoms with van der Waals surface area (Å²) in [5, 5.41) is 12.0. The van der Waals surface area contributed by atoms with Gasteiger partial charge in [-0.15, -0.1) is 0 Å². The van der Waals surface area contributed by atoms with Crippen LogP contribution >= 0.6 is 0 Å². The average Bonchev–Trinajstić information content (AvgIpc) is 2.59. The number of hydrogen-bond donors (Lipinski definition) is 2. The zero-order valence-electron chi connectivity index (χ0n) is 15.0. The van der Waals surface area contributed by atoms with E-state index in [0.29, 0.717) is 24.9 Å². The maximum absolute atomic E-state index is 12.8. The van der Waals surface area contributed by atoms with E-state index in [-0.39, 0.29) is 24.3 Å². The first-order valence-corrected chi connectivity index (χ1v) is 8.68. The Morgan fingerprint density at radius 3 is 2.40 bits per heavy atom. The van der Waals surface area contributed by atoms with E-state index in [9.17, 15) is 19.5 Å². The number of carbonyl (C=O) groups excluding carboxylic acids is 2. The summed E-state index contributed by atoms with van der Waals surface area (Å²) in [5.74, 6) is -1.99. The highest BCUT2D eigenvalue weighted by atomic mass is 16.4. The minimum atomic E-state index is -0.873. The molecular weight excluding hydrogens is 320 g/mol. The Hall–Kier alpha value is -2.37. The Bertz CT molecular complexity index is 639. The van der Waals surface area contributed by atoms with E-state index >= 15 is 0 Å². The maximum atomic E-state index is 12.8. The molecule has 0 bridgehead atoms. The van der Waals surface area contributed by atoms with Crippen LogP contribution in [0.5, 0.6) is 0 Å². The summed E-state index contributed by atoms with van der Waals surface area (Å²) >= 11 is 0. The van der Waals surface area contributed by atoms with Crippen molar-refractivity contribution in [2.45, 2.75) is 39.7 Å². The van der Waals surface area contributed by atoms with Crippen molar-refractivity contribution in [3.63, 3.8) is 0 Å². The van der Waals surface area contributed by atoms with Crippen LogP contribution in [0.15, 0.2) is 24.3 Å². The molecule has 1 aliphatic heterocycles. The molecule has 2 amide bonds. The van der Waals surface area contributed by atoms with Crippen LogP contribution in [0.2, 0.25) is 0 Å². The molecule has 0 aliphatic carbocycles. The van der Waals surface area contributed by atoms with E-state index in [2.05, 4.69) is 5.32 Å². The van der Waals surface area contributed by atoms with Crippen LogP contribution in [0.25, 0.3) is 0 Å². The maximum Gasteiger partial charge on any atom is 0.308 e. The fraction of sp³-hybridized carbons (Fsp3) is 0.526. The molecule has 2 rings (SSSR count). The second-order valence-electron chi connectivity index (χ2n) is 7.02. The number of amides is 2. The van der Waals surface area contributed by atoms with Gasteiger partial charge in [-0.2, -0.15) is 0 Å². The highest BCUT2D eigenvalue weighted by Crippen LogP contribution is 2.19. The summed E-state index contributed by atoms with van der Waals surface area (Å²) in [4.78, 5) is 38.1. The molecule has 1 aliphatic rings. The lowest BCUT2D eigenvalue weighted by Crippen LogP contribution is -2.54. The number of rotatable bonds is 5. The summed E-state index contributed by atoms with van der Waals surface area (Å²) < 4.78 is 0. The first-order chi connectivity index (χ1) is 11.8. The van der Waals surface area contributed by atoms with Crippen LogP contribution in [-0.4, -0.2) is 46.9 Å². The second kappa shape index (κ2) is 8.14. The fourth-order valence-electron chi connectivity index (χ4n) is 3.02. The minimum absolute atomic E-state index is 0.0906. The Morgan fingerprint density at radius 1 is 1.20 bits per heavy atom. The van der Waals surface area contributed by atoms with Crippen molar-refractivity contribution in [3.05, 3.63) is 35.4 Å². The Labute approximate surface area is 148 Å². The number of benzene rings is 1. The number of aliphatic carboxylic acids is 1. The second-order valence-corrected chi connectivity index (χ2v) is 7.02. The average molecular weight is 346 g/mol. The summed E-state index contributed by atoms with van der Waals surface area (Å²) in [6.07, 6.45) is 1.25. The topological polar surface area (TPSA) is 86.7 Å². The summed E-state index contributed by atoms with van der Waals surface area (Å²) in [6.45, 7) is 6.43. The third kappa shape index (κ3) is 4.81. The van der Waals surface area contributed by atoms with Crippen LogP contribution in [0, 0.1) is 18.8 Å². The van der Waals surface area contributed by atoms with Gasteiger partial charge in [0.2, 0.25) is 5.91 Å². The third-order valence-electron chi connectivity index (χ3n) is 4.62. The van der Waals surface area contributed by atoms with Gasteiger partial charge in [0.15, 0.2) is 0 Å². The molecule has 1 aromatic carbocycles. The molecule has 2 atom stereocenters. The number of nitrogens with zero attached hydrogens (tertiary/aromatic N) is 1. The predicted molar refractivity (Wildman–Crippen MR) is 94.2 cm³/mol. The first-order valence-electron chi connectivity index (χ1n) is 8.68. The van der Waals surface area contributed by atoms with E-state index < -0.39 is 17.9 Å². The summed E-state index contributed by atoms with van der Waals surface area (Å²) in [5.41, 5.74) is 1.56. The molecule has 136 valence electrons. The van der Waals surface area contributed by atoms with Crippen molar-refractivity contribution in [1.82, 2.24) is 10.2 Å². The van der Waals surface area contributed by atoms with E-state index in [1.165, 1.54) is 0 Å². The van der Waals surface area contributed by atoms with Crippen molar-refractivity contribution in [1.29, 1.82) is 0 Å². The molecule has 1 saturated heterocycles. The van der Waals surface area contributed by atoms with E-state index in [1.807, 2.05) is 32.9 Å². The number of piperidine rings is 1. The zero-order valence-corrected chi connectivity index (χ0v) is 15.0. The molecule has 6 heteroatoms. The van der Waals surface area contributed by atoms with Crippen LogP contribution in [-0.2, 0) is 9.59 Å². The van der Waals surface area contributed by atoms with Crippen LogP contribution < -0.4 is 5.32 Å². The molecule has 1 heterocycles. The molecule has 1 fully saturated rings. The standard InChI is InChI=1S/C19H26N2O4/c1-12(2)16(20-17(22)14-8-6-13(3)7-9-14)18(23)21-10-4-5-15(11-21)19(24)25/h6-9,12,15-16H,4-5,10-11H2,1-3H3,(H,20,22)(H,24,25). The van der Waals surface area contributed by atoms with Gasteiger partial charge in [0.05, 0.1) is 5.92 Å². The van der Waals surface area contributed by atoms with E-state index in [4.69, 9.17) is 0 Å². The van der Waals surface area contributed by atoms with Gasteiger partial charge in [-0.3, -0.25) is 14.4 Å². The molecule has 0 aromatic heterocycles. The fourth-order valence-corrected chi connectivity index (χ4v) is 3.02. The number of aryl methyl sites for hydroxylation is 1. The van der Waals surface area contributed by atoms with Crippen molar-refractivity contribution < 1.29 is 19.5 Å². The lowest BCUT2D eigenvalue weighted by atomic mass is 9.95. The van der Waals surface area contributed by atoms with Gasteiger partial charge in [0.1, 0.15) is 6.04 Å². The molecule has 0 spiro atoms. The monoisotopic (exact) mass is 346 g/mol. The molecular formula is C19H26N2O4. The minimum Gasteiger partial charge on any atom is -0.481 e. The number of likely N-dealkylation sites (tertiary alicyclic amines) is 1. The first kappa shape index (κ1) is 19.0. The molecule has 0 saturated carbocycles. The molecule has 0 radical (unpaired) electrons. The van der Waals surface area contributed by atoms with Crippen molar-refractivity contribution in [2.24, 2.45) is 11.8 Å². The van der Waals surface area contributed by atoms with E-state index in [0.717, 1.165) is 5.56 Å². The molecule has 2 N–H and O–H groups in total. The van der Waals surface area contributed by atoms with Gasteiger partial charge in [-0.25, -0.2) is 0 Å². The van der Waals surface area contributed by atoms with Crippen LogP contribution in [0.4, 0.5) is 0 Å². The van der Waals surface area contributed by atoms with Gasteiger partial charge < -0.3 is 15.3 Å². The van der Waals surface area contributed by atoms with Crippen molar-refractivity contribution in [2.75, 3.05) is 13.1 Å². The largest absolute Gasteiger partial charge is 0.481 e. The normalized spacial score (nSPS) is 18.7. The molecule has 2 unspecified atom stereocenters.